The Morgan fingerprint density at radius 2 is 1.96 bits per heavy atom. The second-order valence-corrected chi connectivity index (χ2v) is 9.89. The highest BCUT2D eigenvalue weighted by molar-refractivity contribution is 5.73. The summed E-state index contributed by atoms with van der Waals surface area (Å²) < 4.78 is 17.7. The summed E-state index contributed by atoms with van der Waals surface area (Å²) >= 11 is 0. The molecule has 4 nitrogen and oxygen atoms in total. The first-order valence-electron chi connectivity index (χ1n) is 10.5. The van der Waals surface area contributed by atoms with Crippen LogP contribution in [0.4, 0.5) is 0 Å². The molecule has 1 aliphatic heterocycles. The molecule has 4 heteroatoms. The molecular formula is C22H32O4. The van der Waals surface area contributed by atoms with Crippen molar-refractivity contribution in [2.24, 2.45) is 34.5 Å². The predicted molar refractivity (Wildman–Crippen MR) is 97.2 cm³/mol. The predicted octanol–water partition coefficient (Wildman–Crippen LogP) is 4.09. The number of ether oxygens (including phenoxy) is 3. The number of carbonyl (C=O) groups excluding carboxylic acids is 1. The molecule has 6 atom stereocenters. The average Bonchev–Trinajstić information content (AvgIpc) is 3.20. The third-order valence-corrected chi connectivity index (χ3v) is 9.03. The Balaban J connectivity index is 1.55. The van der Waals surface area contributed by atoms with Crippen LogP contribution in [0.5, 0.6) is 0 Å². The van der Waals surface area contributed by atoms with Gasteiger partial charge < -0.3 is 14.2 Å². The van der Waals surface area contributed by atoms with Crippen LogP contribution in [0.3, 0.4) is 0 Å². The number of carbonyl (C=O) groups is 1. The van der Waals surface area contributed by atoms with Gasteiger partial charge in [0.1, 0.15) is 0 Å². The summed E-state index contributed by atoms with van der Waals surface area (Å²) in [5, 5.41) is 0. The van der Waals surface area contributed by atoms with Gasteiger partial charge in [-0.3, -0.25) is 4.79 Å². The van der Waals surface area contributed by atoms with E-state index in [0.717, 1.165) is 32.1 Å². The fraction of sp³-hybridized carbons (Fsp3) is 0.864. The molecule has 2 bridgehead atoms. The Morgan fingerprint density at radius 1 is 1.19 bits per heavy atom. The summed E-state index contributed by atoms with van der Waals surface area (Å²) in [4.78, 5) is 12.5. The van der Waals surface area contributed by atoms with Gasteiger partial charge in [0.25, 0.3) is 0 Å². The third-order valence-electron chi connectivity index (χ3n) is 9.03. The standard InChI is InChI=1S/C22H32O4/c1-14-11-21-8-6-16-15(19(23)24-3)5-4-7-20(16,2)18(21)13-22(17(14)12-21)25-9-10-26-22/h15-18H,1,4-13H2,2-3H3/t15-,16-,17-,18+,20-,21-/m1/s1. The van der Waals surface area contributed by atoms with Crippen molar-refractivity contribution < 1.29 is 19.0 Å². The molecule has 0 radical (unpaired) electrons. The minimum absolute atomic E-state index is 0.00414. The van der Waals surface area contributed by atoms with Gasteiger partial charge in [-0.15, -0.1) is 0 Å². The molecule has 0 aromatic heterocycles. The van der Waals surface area contributed by atoms with Gasteiger partial charge in [0.15, 0.2) is 5.79 Å². The Morgan fingerprint density at radius 3 is 2.69 bits per heavy atom. The maximum atomic E-state index is 12.5. The van der Waals surface area contributed by atoms with Crippen molar-refractivity contribution in [3.05, 3.63) is 12.2 Å². The fourth-order valence-corrected chi connectivity index (χ4v) is 8.05. The van der Waals surface area contributed by atoms with Crippen molar-refractivity contribution in [1.82, 2.24) is 0 Å². The highest BCUT2D eigenvalue weighted by Gasteiger charge is 2.69. The van der Waals surface area contributed by atoms with Gasteiger partial charge in [-0.05, 0) is 61.2 Å². The molecule has 0 aromatic carbocycles. The molecule has 0 amide bonds. The molecule has 1 heterocycles. The number of hydrogen-bond donors (Lipinski definition) is 0. The zero-order chi connectivity index (χ0) is 18.2. The molecule has 5 fully saturated rings. The Hall–Kier alpha value is -0.870. The number of rotatable bonds is 1. The van der Waals surface area contributed by atoms with E-state index in [2.05, 4.69) is 13.5 Å². The van der Waals surface area contributed by atoms with Crippen molar-refractivity contribution in [3.63, 3.8) is 0 Å². The third kappa shape index (κ3) is 2.06. The second kappa shape index (κ2) is 5.57. The monoisotopic (exact) mass is 360 g/mol. The Labute approximate surface area is 156 Å². The first kappa shape index (κ1) is 17.2. The van der Waals surface area contributed by atoms with E-state index in [1.54, 1.807) is 7.11 Å². The van der Waals surface area contributed by atoms with Crippen molar-refractivity contribution >= 4 is 5.97 Å². The molecule has 2 spiro atoms. The molecule has 26 heavy (non-hydrogen) atoms. The number of fused-ring (bicyclic) bond motifs is 4. The second-order valence-electron chi connectivity index (χ2n) is 9.89. The van der Waals surface area contributed by atoms with E-state index in [0.29, 0.717) is 36.4 Å². The number of esters is 1. The molecular weight excluding hydrogens is 328 g/mol. The lowest BCUT2D eigenvalue weighted by atomic mass is 9.43. The fourth-order valence-electron chi connectivity index (χ4n) is 8.05. The first-order valence-corrected chi connectivity index (χ1v) is 10.5. The molecule has 0 N–H and O–H groups in total. The van der Waals surface area contributed by atoms with Crippen molar-refractivity contribution in [2.75, 3.05) is 20.3 Å². The van der Waals surface area contributed by atoms with E-state index in [-0.39, 0.29) is 17.3 Å². The van der Waals surface area contributed by atoms with Crippen LogP contribution in [0.1, 0.15) is 58.3 Å². The van der Waals surface area contributed by atoms with Crippen molar-refractivity contribution in [2.45, 2.75) is 64.1 Å². The lowest BCUT2D eigenvalue weighted by Crippen LogP contribution is -2.59. The van der Waals surface area contributed by atoms with Gasteiger partial charge in [-0.2, -0.15) is 0 Å². The largest absolute Gasteiger partial charge is 0.469 e. The molecule has 144 valence electrons. The van der Waals surface area contributed by atoms with Gasteiger partial charge >= 0.3 is 5.97 Å². The molecule has 4 aliphatic carbocycles. The van der Waals surface area contributed by atoms with Crippen LogP contribution in [0.2, 0.25) is 0 Å². The average molecular weight is 360 g/mol. The van der Waals surface area contributed by atoms with Crippen LogP contribution in [0.25, 0.3) is 0 Å². The summed E-state index contributed by atoms with van der Waals surface area (Å²) in [6.07, 6.45) is 8.98. The summed E-state index contributed by atoms with van der Waals surface area (Å²) in [6.45, 7) is 8.32. The zero-order valence-corrected chi connectivity index (χ0v) is 16.2. The van der Waals surface area contributed by atoms with E-state index < -0.39 is 5.79 Å². The first-order chi connectivity index (χ1) is 12.4. The minimum atomic E-state index is -0.440. The van der Waals surface area contributed by atoms with Crippen LogP contribution in [0, 0.1) is 34.5 Å². The summed E-state index contributed by atoms with van der Waals surface area (Å²) in [7, 11) is 1.54. The summed E-state index contributed by atoms with van der Waals surface area (Å²) in [6, 6.07) is 0. The van der Waals surface area contributed by atoms with Crippen LogP contribution in [0.15, 0.2) is 12.2 Å². The van der Waals surface area contributed by atoms with E-state index >= 15 is 0 Å². The van der Waals surface area contributed by atoms with Gasteiger partial charge in [0.2, 0.25) is 0 Å². The van der Waals surface area contributed by atoms with E-state index in [9.17, 15) is 4.79 Å². The SMILES string of the molecule is C=C1C[C@@]23CC[C@@H]4[C@H](C(=O)OC)CCC[C@@]4(C)[C@@H]2CC2(OCCO2)[C@@H]1C3. The highest BCUT2D eigenvalue weighted by Crippen LogP contribution is 2.73. The summed E-state index contributed by atoms with van der Waals surface area (Å²) in [5.74, 6) is 0.980. The van der Waals surface area contributed by atoms with Crippen molar-refractivity contribution in [1.29, 1.82) is 0 Å². The molecule has 1 saturated heterocycles. The number of methoxy groups -OCH3 is 1. The topological polar surface area (TPSA) is 44.8 Å². The van der Waals surface area contributed by atoms with Gasteiger partial charge in [0, 0.05) is 12.3 Å². The van der Waals surface area contributed by atoms with Crippen molar-refractivity contribution in [3.8, 4) is 0 Å². The smallest absolute Gasteiger partial charge is 0.308 e. The van der Waals surface area contributed by atoms with E-state index in [1.807, 2.05) is 0 Å². The summed E-state index contributed by atoms with van der Waals surface area (Å²) in [5.41, 5.74) is 1.87. The molecule has 0 aromatic rings. The molecule has 5 aliphatic rings. The van der Waals surface area contributed by atoms with E-state index in [4.69, 9.17) is 14.2 Å². The Kier molecular flexibility index (Phi) is 3.70. The normalized spacial score (nSPS) is 48.9. The number of hydrogen-bond acceptors (Lipinski definition) is 4. The van der Waals surface area contributed by atoms with Crippen LogP contribution >= 0.6 is 0 Å². The molecule has 0 unspecified atom stereocenters. The molecule has 5 rings (SSSR count). The zero-order valence-electron chi connectivity index (χ0n) is 16.2. The van der Waals surface area contributed by atoms with Crippen LogP contribution < -0.4 is 0 Å². The minimum Gasteiger partial charge on any atom is -0.469 e. The maximum absolute atomic E-state index is 12.5. The lowest BCUT2D eigenvalue weighted by molar-refractivity contribution is -0.252. The molecule has 4 saturated carbocycles. The van der Waals surface area contributed by atoms with Gasteiger partial charge in [0.05, 0.1) is 26.2 Å². The van der Waals surface area contributed by atoms with Gasteiger partial charge in [-0.25, -0.2) is 0 Å². The van der Waals surface area contributed by atoms with Crippen LogP contribution in [-0.4, -0.2) is 32.1 Å². The van der Waals surface area contributed by atoms with Gasteiger partial charge in [-0.1, -0.05) is 25.5 Å². The quantitative estimate of drug-likeness (QED) is 0.522. The highest BCUT2D eigenvalue weighted by atomic mass is 16.7. The lowest BCUT2D eigenvalue weighted by Gasteiger charge is -2.62. The van der Waals surface area contributed by atoms with E-state index in [1.165, 1.54) is 24.8 Å². The maximum Gasteiger partial charge on any atom is 0.308 e. The van der Waals surface area contributed by atoms with Crippen LogP contribution in [-0.2, 0) is 19.0 Å². The Bertz CT molecular complexity index is 636.